The van der Waals surface area contributed by atoms with Crippen molar-refractivity contribution in [2.24, 2.45) is 5.92 Å². The minimum atomic E-state index is -0.0541. The molecular weight excluding hydrogens is 412 g/mol. The number of anilines is 1. The molecule has 7 nitrogen and oxygen atoms in total. The number of carbonyl (C=O) groups is 2. The number of ether oxygens (including phenoxy) is 1. The Hall–Kier alpha value is -3.13. The fourth-order valence-corrected chi connectivity index (χ4v) is 4.48. The van der Waals surface area contributed by atoms with Crippen LogP contribution in [-0.4, -0.2) is 54.5 Å². The van der Waals surface area contributed by atoms with Gasteiger partial charge in [0.2, 0.25) is 5.91 Å². The van der Waals surface area contributed by atoms with Crippen molar-refractivity contribution in [1.29, 1.82) is 0 Å². The first-order valence-corrected chi connectivity index (χ1v) is 11.3. The topological polar surface area (TPSA) is 83.6 Å². The second-order valence-corrected chi connectivity index (χ2v) is 8.49. The smallest absolute Gasteiger partial charge is 0.260 e. The standard InChI is InChI=1S/C23H26N4O3S/c28-21(16-30-18-6-2-1-3-7-18)27-14-10-17(11-15-27)22(29)24-12-13-25-23-26-19-8-4-5-9-20(19)31-23/h1-9,17H,10-16H2,(H,24,29)(H,25,26). The molecule has 2 aromatic carbocycles. The minimum absolute atomic E-state index is 0.0261. The van der Waals surface area contributed by atoms with Gasteiger partial charge < -0.3 is 20.3 Å². The van der Waals surface area contributed by atoms with Crippen LogP contribution in [0.2, 0.25) is 0 Å². The number of likely N-dealkylation sites (tertiary alicyclic amines) is 1. The highest BCUT2D eigenvalue weighted by Crippen LogP contribution is 2.25. The van der Waals surface area contributed by atoms with Crippen LogP contribution < -0.4 is 15.4 Å². The van der Waals surface area contributed by atoms with Crippen molar-refractivity contribution < 1.29 is 14.3 Å². The van der Waals surface area contributed by atoms with Crippen molar-refractivity contribution in [2.45, 2.75) is 12.8 Å². The van der Waals surface area contributed by atoms with Crippen LogP contribution in [0.25, 0.3) is 10.2 Å². The van der Waals surface area contributed by atoms with E-state index in [2.05, 4.69) is 15.6 Å². The number of hydrogen-bond donors (Lipinski definition) is 2. The van der Waals surface area contributed by atoms with Crippen LogP contribution in [0.5, 0.6) is 5.75 Å². The molecule has 1 saturated heterocycles. The average molecular weight is 439 g/mol. The Morgan fingerprint density at radius 2 is 1.77 bits per heavy atom. The van der Waals surface area contributed by atoms with Gasteiger partial charge in [-0.3, -0.25) is 9.59 Å². The lowest BCUT2D eigenvalue weighted by Crippen LogP contribution is -2.45. The summed E-state index contributed by atoms with van der Waals surface area (Å²) in [5.41, 5.74) is 0.981. The number of para-hydroxylation sites is 2. The third kappa shape index (κ3) is 5.73. The summed E-state index contributed by atoms with van der Waals surface area (Å²) in [6.07, 6.45) is 1.35. The van der Waals surface area contributed by atoms with Crippen LogP contribution in [0, 0.1) is 5.92 Å². The number of thiazole rings is 1. The number of rotatable bonds is 8. The minimum Gasteiger partial charge on any atom is -0.484 e. The summed E-state index contributed by atoms with van der Waals surface area (Å²) in [5.74, 6) is 0.646. The predicted octanol–water partition coefficient (Wildman–Crippen LogP) is 3.14. The second kappa shape index (κ2) is 10.3. The Balaban J connectivity index is 1.13. The Morgan fingerprint density at radius 1 is 1.03 bits per heavy atom. The lowest BCUT2D eigenvalue weighted by molar-refractivity contribution is -0.137. The van der Waals surface area contributed by atoms with Gasteiger partial charge in [-0.15, -0.1) is 0 Å². The number of piperidine rings is 1. The third-order valence-electron chi connectivity index (χ3n) is 5.32. The zero-order valence-electron chi connectivity index (χ0n) is 17.3. The zero-order valence-corrected chi connectivity index (χ0v) is 18.1. The first kappa shape index (κ1) is 21.1. The molecule has 1 aliphatic heterocycles. The van der Waals surface area contributed by atoms with Crippen molar-refractivity contribution in [3.05, 3.63) is 54.6 Å². The number of nitrogens with one attached hydrogen (secondary N) is 2. The predicted molar refractivity (Wildman–Crippen MR) is 122 cm³/mol. The molecule has 0 saturated carbocycles. The maximum absolute atomic E-state index is 12.5. The number of carbonyl (C=O) groups excluding carboxylic acids is 2. The van der Waals surface area contributed by atoms with E-state index in [1.54, 1.807) is 16.2 Å². The summed E-state index contributed by atoms with van der Waals surface area (Å²) in [7, 11) is 0. The maximum atomic E-state index is 12.5. The van der Waals surface area contributed by atoms with Crippen LogP contribution in [-0.2, 0) is 9.59 Å². The fourth-order valence-electron chi connectivity index (χ4n) is 3.59. The summed E-state index contributed by atoms with van der Waals surface area (Å²) >= 11 is 1.61. The Morgan fingerprint density at radius 3 is 2.55 bits per heavy atom. The number of benzene rings is 2. The monoisotopic (exact) mass is 438 g/mol. The van der Waals surface area contributed by atoms with Gasteiger partial charge in [-0.2, -0.15) is 0 Å². The van der Waals surface area contributed by atoms with Gasteiger partial charge >= 0.3 is 0 Å². The molecule has 1 aromatic heterocycles. The molecule has 3 aromatic rings. The van der Waals surface area contributed by atoms with Crippen LogP contribution in [0.1, 0.15) is 12.8 Å². The normalized spacial score (nSPS) is 14.4. The molecule has 2 N–H and O–H groups in total. The number of hydrogen-bond acceptors (Lipinski definition) is 6. The summed E-state index contributed by atoms with van der Waals surface area (Å²) in [4.78, 5) is 31.1. The van der Waals surface area contributed by atoms with E-state index in [4.69, 9.17) is 4.74 Å². The first-order valence-electron chi connectivity index (χ1n) is 10.5. The van der Waals surface area contributed by atoms with Crippen molar-refractivity contribution >= 4 is 38.5 Å². The van der Waals surface area contributed by atoms with Crippen molar-refractivity contribution in [1.82, 2.24) is 15.2 Å². The molecule has 4 rings (SSSR count). The third-order valence-corrected chi connectivity index (χ3v) is 6.31. The van der Waals surface area contributed by atoms with Crippen molar-refractivity contribution in [3.8, 4) is 5.75 Å². The van der Waals surface area contributed by atoms with E-state index in [1.165, 1.54) is 0 Å². The lowest BCUT2D eigenvalue weighted by atomic mass is 9.96. The van der Waals surface area contributed by atoms with Crippen LogP contribution in [0.3, 0.4) is 0 Å². The van der Waals surface area contributed by atoms with Gasteiger partial charge in [-0.1, -0.05) is 41.7 Å². The quantitative estimate of drug-likeness (QED) is 0.528. The number of aromatic nitrogens is 1. The second-order valence-electron chi connectivity index (χ2n) is 7.46. The Bertz CT molecular complexity index is 983. The van der Waals surface area contributed by atoms with E-state index in [-0.39, 0.29) is 24.3 Å². The molecule has 31 heavy (non-hydrogen) atoms. The average Bonchev–Trinajstić information content (AvgIpc) is 3.24. The number of amides is 2. The van der Waals surface area contributed by atoms with E-state index in [9.17, 15) is 9.59 Å². The summed E-state index contributed by atoms with van der Waals surface area (Å²) in [6.45, 7) is 2.36. The molecule has 162 valence electrons. The highest BCUT2D eigenvalue weighted by Gasteiger charge is 2.27. The molecule has 2 heterocycles. The van der Waals surface area contributed by atoms with Crippen LogP contribution in [0.4, 0.5) is 5.13 Å². The van der Waals surface area contributed by atoms with Gasteiger partial charge in [-0.25, -0.2) is 4.98 Å². The molecule has 0 atom stereocenters. The van der Waals surface area contributed by atoms with E-state index < -0.39 is 0 Å². The molecule has 0 spiro atoms. The molecule has 0 aliphatic carbocycles. The highest BCUT2D eigenvalue weighted by molar-refractivity contribution is 7.22. The Kier molecular flexibility index (Phi) is 6.99. The van der Waals surface area contributed by atoms with E-state index in [1.807, 2.05) is 54.6 Å². The number of nitrogens with zero attached hydrogens (tertiary/aromatic N) is 2. The van der Waals surface area contributed by atoms with Gasteiger partial charge in [0, 0.05) is 32.1 Å². The fraction of sp³-hybridized carbons (Fsp3) is 0.348. The van der Waals surface area contributed by atoms with Gasteiger partial charge in [0.25, 0.3) is 5.91 Å². The molecule has 0 radical (unpaired) electrons. The maximum Gasteiger partial charge on any atom is 0.260 e. The summed E-state index contributed by atoms with van der Waals surface area (Å²) in [6, 6.07) is 17.3. The zero-order chi connectivity index (χ0) is 21.5. The highest BCUT2D eigenvalue weighted by atomic mass is 32.1. The first-order chi connectivity index (χ1) is 15.2. The molecular formula is C23H26N4O3S. The Labute approximate surface area is 185 Å². The molecule has 8 heteroatoms. The van der Waals surface area contributed by atoms with Gasteiger partial charge in [0.1, 0.15) is 5.75 Å². The van der Waals surface area contributed by atoms with Gasteiger partial charge in [-0.05, 0) is 37.1 Å². The summed E-state index contributed by atoms with van der Waals surface area (Å²) in [5, 5.41) is 7.12. The molecule has 1 aliphatic rings. The number of fused-ring (bicyclic) bond motifs is 1. The van der Waals surface area contributed by atoms with Crippen molar-refractivity contribution in [3.63, 3.8) is 0 Å². The van der Waals surface area contributed by atoms with Crippen LogP contribution in [0.15, 0.2) is 54.6 Å². The van der Waals surface area contributed by atoms with Crippen LogP contribution >= 0.6 is 11.3 Å². The largest absolute Gasteiger partial charge is 0.484 e. The molecule has 0 unspecified atom stereocenters. The molecule has 2 amide bonds. The molecule has 1 fully saturated rings. The SMILES string of the molecule is O=C(NCCNc1nc2ccccc2s1)C1CCN(C(=O)COc2ccccc2)CC1. The van der Waals surface area contributed by atoms with E-state index >= 15 is 0 Å². The van der Waals surface area contributed by atoms with Gasteiger partial charge in [0.15, 0.2) is 11.7 Å². The molecule has 0 bridgehead atoms. The van der Waals surface area contributed by atoms with Crippen molar-refractivity contribution in [2.75, 3.05) is 38.1 Å². The summed E-state index contributed by atoms with van der Waals surface area (Å²) < 4.78 is 6.68. The van der Waals surface area contributed by atoms with E-state index in [0.717, 1.165) is 15.3 Å². The van der Waals surface area contributed by atoms with Gasteiger partial charge in [0.05, 0.1) is 10.2 Å². The lowest BCUT2D eigenvalue weighted by Gasteiger charge is -2.31. The van der Waals surface area contributed by atoms with E-state index in [0.29, 0.717) is 44.8 Å².